The summed E-state index contributed by atoms with van der Waals surface area (Å²) in [7, 11) is 1.55. The Balaban J connectivity index is 1.93. The van der Waals surface area contributed by atoms with Crippen LogP contribution in [0.15, 0.2) is 18.2 Å². The predicted molar refractivity (Wildman–Crippen MR) is 79.8 cm³/mol. The first-order chi connectivity index (χ1) is 10.2. The highest BCUT2D eigenvalue weighted by Gasteiger charge is 2.22. The number of hydrogen-bond acceptors (Lipinski definition) is 4. The van der Waals surface area contributed by atoms with Crippen LogP contribution in [0.4, 0.5) is 0 Å². The Kier molecular flexibility index (Phi) is 5.18. The normalized spacial score (nSPS) is 15.6. The molecule has 1 fully saturated rings. The largest absolute Gasteiger partial charge is 0.495 e. The van der Waals surface area contributed by atoms with Crippen molar-refractivity contribution in [2.45, 2.75) is 32.4 Å². The molecule has 1 aliphatic rings. The van der Waals surface area contributed by atoms with E-state index in [4.69, 9.17) is 10.00 Å². The van der Waals surface area contributed by atoms with E-state index in [1.54, 1.807) is 19.2 Å². The maximum absolute atomic E-state index is 12.2. The van der Waals surface area contributed by atoms with E-state index >= 15 is 0 Å². The summed E-state index contributed by atoms with van der Waals surface area (Å²) in [4.78, 5) is 14.1. The number of amides is 1. The Morgan fingerprint density at radius 3 is 2.81 bits per heavy atom. The lowest BCUT2D eigenvalue weighted by Crippen LogP contribution is -2.43. The monoisotopic (exact) mass is 287 g/mol. The molecule has 2 rings (SSSR count). The number of nitrogens with one attached hydrogen (secondary N) is 1. The van der Waals surface area contributed by atoms with E-state index in [9.17, 15) is 4.79 Å². The Morgan fingerprint density at radius 1 is 1.48 bits per heavy atom. The third kappa shape index (κ3) is 3.73. The lowest BCUT2D eigenvalue weighted by Gasteiger charge is -2.21. The summed E-state index contributed by atoms with van der Waals surface area (Å²) in [6, 6.07) is 7.38. The molecule has 0 aliphatic carbocycles. The van der Waals surface area contributed by atoms with Gasteiger partial charge in [0.1, 0.15) is 11.8 Å². The highest BCUT2D eigenvalue weighted by atomic mass is 16.5. The summed E-state index contributed by atoms with van der Waals surface area (Å²) < 4.78 is 5.12. The van der Waals surface area contributed by atoms with Crippen molar-refractivity contribution in [2.75, 3.05) is 20.2 Å². The molecule has 1 heterocycles. The van der Waals surface area contributed by atoms with Gasteiger partial charge in [-0.2, -0.15) is 5.26 Å². The summed E-state index contributed by atoms with van der Waals surface area (Å²) in [6.45, 7) is 4.17. The zero-order chi connectivity index (χ0) is 15.2. The average molecular weight is 287 g/mol. The smallest absolute Gasteiger partial charge is 0.239 e. The summed E-state index contributed by atoms with van der Waals surface area (Å²) in [5.74, 6) is 0.726. The lowest BCUT2D eigenvalue weighted by atomic mass is 10.1. The van der Waals surface area contributed by atoms with Gasteiger partial charge in [0.2, 0.25) is 5.91 Å². The minimum Gasteiger partial charge on any atom is -0.495 e. The van der Waals surface area contributed by atoms with E-state index in [0.717, 1.165) is 31.5 Å². The van der Waals surface area contributed by atoms with E-state index in [1.807, 2.05) is 17.9 Å². The molecule has 1 aromatic carbocycles. The first-order valence-corrected chi connectivity index (χ1v) is 7.25. The van der Waals surface area contributed by atoms with Crippen LogP contribution in [-0.4, -0.2) is 37.0 Å². The van der Waals surface area contributed by atoms with E-state index in [0.29, 0.717) is 17.9 Å². The Hall–Kier alpha value is -2.06. The number of carbonyl (C=O) groups is 1. The fourth-order valence-corrected chi connectivity index (χ4v) is 2.52. The first-order valence-electron chi connectivity index (χ1n) is 7.25. The van der Waals surface area contributed by atoms with Gasteiger partial charge in [0, 0.05) is 19.6 Å². The number of nitriles is 1. The van der Waals surface area contributed by atoms with Crippen LogP contribution in [0.5, 0.6) is 5.75 Å². The Labute approximate surface area is 125 Å². The minimum atomic E-state index is -0.212. The van der Waals surface area contributed by atoms with Crippen molar-refractivity contribution in [1.82, 2.24) is 10.2 Å². The number of carbonyl (C=O) groups excluding carboxylic acids is 1. The number of benzene rings is 1. The maximum Gasteiger partial charge on any atom is 0.239 e. The molecule has 0 radical (unpaired) electrons. The van der Waals surface area contributed by atoms with Crippen molar-refractivity contribution in [3.63, 3.8) is 0 Å². The van der Waals surface area contributed by atoms with Gasteiger partial charge in [0.05, 0.1) is 18.7 Å². The summed E-state index contributed by atoms with van der Waals surface area (Å²) in [6.07, 6.45) is 2.20. The third-order valence-electron chi connectivity index (χ3n) is 3.78. The van der Waals surface area contributed by atoms with Gasteiger partial charge in [-0.05, 0) is 37.5 Å². The van der Waals surface area contributed by atoms with Crippen LogP contribution < -0.4 is 10.1 Å². The zero-order valence-electron chi connectivity index (χ0n) is 12.6. The SMILES string of the molecule is COc1ccc(CNC(C)C(=O)N2CCCC2)cc1C#N. The molecule has 1 N–H and O–H groups in total. The van der Waals surface area contributed by atoms with E-state index in [-0.39, 0.29) is 11.9 Å². The first kappa shape index (κ1) is 15.3. The lowest BCUT2D eigenvalue weighted by molar-refractivity contribution is -0.131. The number of methoxy groups -OCH3 is 1. The Morgan fingerprint density at radius 2 is 2.19 bits per heavy atom. The van der Waals surface area contributed by atoms with Crippen LogP contribution >= 0.6 is 0 Å². The molecule has 5 nitrogen and oxygen atoms in total. The van der Waals surface area contributed by atoms with Crippen LogP contribution in [0, 0.1) is 11.3 Å². The maximum atomic E-state index is 12.2. The number of nitrogens with zero attached hydrogens (tertiary/aromatic N) is 2. The molecular weight excluding hydrogens is 266 g/mol. The fraction of sp³-hybridized carbons (Fsp3) is 0.500. The predicted octanol–water partition coefficient (Wildman–Crippen LogP) is 1.67. The number of ether oxygens (including phenoxy) is 1. The Bertz CT molecular complexity index is 545. The summed E-state index contributed by atoms with van der Waals surface area (Å²) in [5, 5.41) is 12.3. The third-order valence-corrected chi connectivity index (χ3v) is 3.78. The van der Waals surface area contributed by atoms with Gasteiger partial charge in [-0.25, -0.2) is 0 Å². The summed E-state index contributed by atoms with van der Waals surface area (Å²) >= 11 is 0. The molecule has 1 saturated heterocycles. The second-order valence-corrected chi connectivity index (χ2v) is 5.28. The van der Waals surface area contributed by atoms with Crippen molar-refractivity contribution >= 4 is 5.91 Å². The molecule has 1 atom stereocenters. The van der Waals surface area contributed by atoms with Crippen molar-refractivity contribution < 1.29 is 9.53 Å². The van der Waals surface area contributed by atoms with Crippen LogP contribution in [0.3, 0.4) is 0 Å². The molecule has 21 heavy (non-hydrogen) atoms. The molecule has 1 aliphatic heterocycles. The second-order valence-electron chi connectivity index (χ2n) is 5.28. The van der Waals surface area contributed by atoms with E-state index < -0.39 is 0 Å². The van der Waals surface area contributed by atoms with Crippen LogP contribution in [-0.2, 0) is 11.3 Å². The van der Waals surface area contributed by atoms with Gasteiger partial charge < -0.3 is 15.0 Å². The van der Waals surface area contributed by atoms with Gasteiger partial charge in [-0.15, -0.1) is 0 Å². The molecule has 0 saturated carbocycles. The molecule has 1 unspecified atom stereocenters. The van der Waals surface area contributed by atoms with Crippen molar-refractivity contribution in [1.29, 1.82) is 5.26 Å². The minimum absolute atomic E-state index is 0.154. The molecule has 1 aromatic rings. The van der Waals surface area contributed by atoms with Gasteiger partial charge >= 0.3 is 0 Å². The molecule has 112 valence electrons. The van der Waals surface area contributed by atoms with Crippen LogP contribution in [0.1, 0.15) is 30.9 Å². The molecule has 0 aromatic heterocycles. The van der Waals surface area contributed by atoms with Crippen molar-refractivity contribution in [3.8, 4) is 11.8 Å². The molecule has 5 heteroatoms. The van der Waals surface area contributed by atoms with Gasteiger partial charge in [-0.1, -0.05) is 6.07 Å². The molecule has 0 spiro atoms. The van der Waals surface area contributed by atoms with E-state index in [2.05, 4.69) is 11.4 Å². The topological polar surface area (TPSA) is 65.4 Å². The molecule has 1 amide bonds. The quantitative estimate of drug-likeness (QED) is 0.894. The molecule has 0 bridgehead atoms. The van der Waals surface area contributed by atoms with Gasteiger partial charge in [0.25, 0.3) is 0 Å². The second kappa shape index (κ2) is 7.09. The van der Waals surface area contributed by atoms with Gasteiger partial charge in [-0.3, -0.25) is 4.79 Å². The number of hydrogen-bond donors (Lipinski definition) is 1. The zero-order valence-corrected chi connectivity index (χ0v) is 12.6. The van der Waals surface area contributed by atoms with Crippen LogP contribution in [0.2, 0.25) is 0 Å². The number of likely N-dealkylation sites (tertiary alicyclic amines) is 1. The average Bonchev–Trinajstić information content (AvgIpc) is 3.05. The summed E-state index contributed by atoms with van der Waals surface area (Å²) in [5.41, 5.74) is 1.48. The standard InChI is InChI=1S/C16H21N3O2/c1-12(16(20)19-7-3-4-8-19)18-11-13-5-6-15(21-2)14(9-13)10-17/h5-6,9,12,18H,3-4,7-8,11H2,1-2H3. The van der Waals surface area contributed by atoms with E-state index in [1.165, 1.54) is 0 Å². The van der Waals surface area contributed by atoms with Crippen LogP contribution in [0.25, 0.3) is 0 Å². The highest BCUT2D eigenvalue weighted by molar-refractivity contribution is 5.81. The fourth-order valence-electron chi connectivity index (χ4n) is 2.52. The number of rotatable bonds is 5. The van der Waals surface area contributed by atoms with Crippen molar-refractivity contribution in [2.24, 2.45) is 0 Å². The highest BCUT2D eigenvalue weighted by Crippen LogP contribution is 2.18. The molecular formula is C16H21N3O2. The van der Waals surface area contributed by atoms with Crippen molar-refractivity contribution in [3.05, 3.63) is 29.3 Å². The van der Waals surface area contributed by atoms with Gasteiger partial charge in [0.15, 0.2) is 0 Å².